The Balaban J connectivity index is 0.000000191. The van der Waals surface area contributed by atoms with E-state index in [-0.39, 0.29) is 23.8 Å². The van der Waals surface area contributed by atoms with Crippen molar-refractivity contribution < 1.29 is 51.0 Å². The zero-order chi connectivity index (χ0) is 64.5. The molecule has 89 heavy (non-hydrogen) atoms. The minimum atomic E-state index is -5.68. The Morgan fingerprint density at radius 3 is 1.02 bits per heavy atom. The van der Waals surface area contributed by atoms with Crippen LogP contribution in [0.3, 0.4) is 0 Å². The molecule has 4 heterocycles. The summed E-state index contributed by atoms with van der Waals surface area (Å²) in [7, 11) is -13.1. The maximum absolute atomic E-state index is 12.2. The zero-order valence-electron chi connectivity index (χ0n) is 45.8. The molecule has 25 nitrogen and oxygen atoms in total. The van der Waals surface area contributed by atoms with Gasteiger partial charge in [0.2, 0.25) is 0 Å². The van der Waals surface area contributed by atoms with E-state index >= 15 is 0 Å². The first-order valence-electron chi connectivity index (χ1n) is 24.5. The highest BCUT2D eigenvalue weighted by Gasteiger charge is 2.47. The average Bonchev–Trinajstić information content (AvgIpc) is 3.18. The topological polar surface area (TPSA) is 348 Å². The van der Waals surface area contributed by atoms with E-state index in [4.69, 9.17) is 25.2 Å². The molecular formula is C57H38BrF3N16O9S3. The SMILES string of the molecule is CS(=O)(=O)OCc1cn(-c2ccc(C#CC#N)cc2)nn1.Cc1ccc(S(=O)(=O)OCc2cn(-c3ccc(C#CC#N)cc3)nn2)cc1.N#CC#Cc1ccc(-n2cc(CBr)nn2)cc1.N#CC#Cc1ccc(-n2cc(COS(=O)(=O)C(F)(F)F)nn2)cc1. The fourth-order valence-electron chi connectivity index (χ4n) is 6.43. The van der Waals surface area contributed by atoms with Crippen molar-refractivity contribution in [2.75, 3.05) is 6.26 Å². The fourth-order valence-corrected chi connectivity index (χ4v) is 8.31. The van der Waals surface area contributed by atoms with E-state index in [2.05, 4.69) is 113 Å². The first kappa shape index (κ1) is 67.0. The van der Waals surface area contributed by atoms with E-state index in [1.54, 1.807) is 126 Å². The molecule has 0 saturated carbocycles. The quantitative estimate of drug-likeness (QED) is 0.0456. The minimum Gasteiger partial charge on any atom is -0.264 e. The molecule has 9 aromatic rings. The zero-order valence-corrected chi connectivity index (χ0v) is 49.8. The number of nitrogens with zero attached hydrogens (tertiary/aromatic N) is 16. The molecule has 0 fully saturated rings. The number of rotatable bonds is 15. The van der Waals surface area contributed by atoms with Crippen LogP contribution in [0.15, 0.2) is 151 Å². The normalized spacial score (nSPS) is 10.5. The molecule has 0 atom stereocenters. The second-order valence-electron chi connectivity index (χ2n) is 17.0. The predicted octanol–water partition coefficient (Wildman–Crippen LogP) is 6.52. The Kier molecular flexibility index (Phi) is 24.0. The Hall–Kier alpha value is -11.1. The van der Waals surface area contributed by atoms with Crippen molar-refractivity contribution in [1.29, 1.82) is 21.0 Å². The van der Waals surface area contributed by atoms with E-state index in [1.807, 2.05) is 37.4 Å². The summed E-state index contributed by atoms with van der Waals surface area (Å²) >= 11 is 3.32. The van der Waals surface area contributed by atoms with Gasteiger partial charge < -0.3 is 0 Å². The first-order valence-corrected chi connectivity index (χ1v) is 30.3. The predicted molar refractivity (Wildman–Crippen MR) is 311 cm³/mol. The van der Waals surface area contributed by atoms with Crippen LogP contribution >= 0.6 is 15.9 Å². The number of hydrogen-bond donors (Lipinski definition) is 0. The monoisotopic (exact) mass is 1320 g/mol. The van der Waals surface area contributed by atoms with E-state index < -0.39 is 42.5 Å². The largest absolute Gasteiger partial charge is 0.523 e. The Labute approximate surface area is 515 Å². The fraction of sp³-hybridized carbons (Fsp3) is 0.123. The number of hydrogen-bond acceptors (Lipinski definition) is 21. The molecule has 0 unspecified atom stereocenters. The van der Waals surface area contributed by atoms with Gasteiger partial charge in [0.15, 0.2) is 24.3 Å². The summed E-state index contributed by atoms with van der Waals surface area (Å²) in [6.45, 7) is 0.596. The molecule has 5 aromatic carbocycles. The highest BCUT2D eigenvalue weighted by Crippen LogP contribution is 2.25. The Bertz CT molecular complexity index is 4740. The van der Waals surface area contributed by atoms with Crippen LogP contribution in [0.2, 0.25) is 0 Å². The lowest BCUT2D eigenvalue weighted by Gasteiger charge is -2.06. The lowest BCUT2D eigenvalue weighted by atomic mass is 10.2. The van der Waals surface area contributed by atoms with Crippen molar-refractivity contribution in [1.82, 2.24) is 60.0 Å². The molecule has 0 aliphatic carbocycles. The highest BCUT2D eigenvalue weighted by atomic mass is 79.9. The molecule has 0 amide bonds. The average molecular weight is 1320 g/mol. The van der Waals surface area contributed by atoms with Gasteiger partial charge in [0.05, 0.1) is 64.4 Å². The molecule has 9 rings (SSSR count). The number of alkyl halides is 4. The van der Waals surface area contributed by atoms with Gasteiger partial charge in [0.1, 0.15) is 36.9 Å². The summed E-state index contributed by atoms with van der Waals surface area (Å²) in [5, 5.41) is 65.0. The van der Waals surface area contributed by atoms with Gasteiger partial charge in [-0.1, -0.05) is 78.2 Å². The second kappa shape index (κ2) is 31.8. The van der Waals surface area contributed by atoms with E-state index in [9.17, 15) is 38.4 Å². The van der Waals surface area contributed by atoms with Crippen LogP contribution in [0.5, 0.6) is 0 Å². The van der Waals surface area contributed by atoms with Crippen molar-refractivity contribution >= 4 is 46.3 Å². The summed E-state index contributed by atoms with van der Waals surface area (Å²) < 4.78 is 124. The molecule has 446 valence electrons. The number of aryl methyl sites for hydroxylation is 1. The molecule has 0 spiro atoms. The van der Waals surface area contributed by atoms with Crippen LogP contribution in [-0.2, 0) is 68.1 Å². The van der Waals surface area contributed by atoms with Gasteiger partial charge in [-0.3, -0.25) is 12.5 Å². The smallest absolute Gasteiger partial charge is 0.264 e. The van der Waals surface area contributed by atoms with Crippen molar-refractivity contribution in [2.45, 2.75) is 42.5 Å². The Morgan fingerprint density at radius 1 is 0.449 bits per heavy atom. The number of benzene rings is 5. The summed E-state index contributed by atoms with van der Waals surface area (Å²) in [6.07, 6.45) is 7.20. The van der Waals surface area contributed by atoms with Crippen molar-refractivity contribution in [3.63, 3.8) is 0 Å². The van der Waals surface area contributed by atoms with Gasteiger partial charge in [-0.2, -0.15) is 59.5 Å². The molecule has 0 aliphatic rings. The van der Waals surface area contributed by atoms with Crippen LogP contribution in [0.25, 0.3) is 22.7 Å². The molecule has 0 aliphatic heterocycles. The van der Waals surface area contributed by atoms with Gasteiger partial charge in [0.25, 0.3) is 20.2 Å². The van der Waals surface area contributed by atoms with Crippen molar-refractivity contribution in [2.24, 2.45) is 0 Å². The summed E-state index contributed by atoms with van der Waals surface area (Å²) in [4.78, 5) is 0.0922. The third kappa shape index (κ3) is 21.4. The van der Waals surface area contributed by atoms with Crippen LogP contribution in [0.1, 0.15) is 50.6 Å². The van der Waals surface area contributed by atoms with Gasteiger partial charge >= 0.3 is 15.6 Å². The first-order chi connectivity index (χ1) is 42.5. The molecule has 0 saturated heterocycles. The lowest BCUT2D eigenvalue weighted by Crippen LogP contribution is -2.25. The maximum Gasteiger partial charge on any atom is 0.523 e. The standard InChI is InChI=1S/C19H14N4O3S.C13H7F3N4O3S.C13H10N4O3S.C12H7BrN4/c1-15-4-10-19(11-5-15)27(24,25)26-14-17-13-23(22-21-17)18-8-6-16(7-9-18)3-2-12-20;14-13(15,16)24(21,22)23-9-11-8-20(19-18-11)12-5-3-10(4-6-12)2-1-7-17;1-21(18,19)20-10-12-9-17(16-15-12)13-6-4-11(5-7-13)3-2-8-14;13-8-11-9-17(16-15-11)12-5-3-10(4-6-12)2-1-7-14/h4-11,13H,14H2,1H3;3-6,8H,9H2;4-7,9H,10H2,1H3;3-6,9H,8H2. The molecule has 0 N–H and O–H groups in total. The van der Waals surface area contributed by atoms with Gasteiger partial charge in [0, 0.05) is 51.3 Å². The molecule has 4 aromatic heterocycles. The highest BCUT2D eigenvalue weighted by molar-refractivity contribution is 9.08. The third-order valence-corrected chi connectivity index (χ3v) is 14.0. The lowest BCUT2D eigenvalue weighted by molar-refractivity contribution is -0.0548. The second-order valence-corrected chi connectivity index (χ2v) is 22.5. The van der Waals surface area contributed by atoms with E-state index in [0.29, 0.717) is 39.1 Å². The summed E-state index contributed by atoms with van der Waals surface area (Å²) in [5.41, 5.74) is 2.67. The van der Waals surface area contributed by atoms with Crippen molar-refractivity contribution in [3.8, 4) is 94.4 Å². The molecular weight excluding hydrogens is 1290 g/mol. The molecule has 0 radical (unpaired) electrons. The molecule has 0 bridgehead atoms. The van der Waals surface area contributed by atoms with Gasteiger partial charge in [-0.05, 0) is 116 Å². The van der Waals surface area contributed by atoms with E-state index in [1.165, 1.54) is 32.4 Å². The van der Waals surface area contributed by atoms with Crippen LogP contribution in [0, 0.1) is 99.6 Å². The number of nitriles is 4. The van der Waals surface area contributed by atoms with Gasteiger partial charge in [-0.25, -0.2) is 18.7 Å². The minimum absolute atomic E-state index is 0.0922. The van der Waals surface area contributed by atoms with Crippen LogP contribution in [0.4, 0.5) is 13.2 Å². The summed E-state index contributed by atoms with van der Waals surface area (Å²) in [6, 6.07) is 41.2. The number of halogens is 4. The van der Waals surface area contributed by atoms with Crippen molar-refractivity contribution in [3.05, 3.63) is 197 Å². The number of aromatic nitrogens is 12. The van der Waals surface area contributed by atoms with E-state index in [0.717, 1.165) is 40.1 Å². The van der Waals surface area contributed by atoms with Crippen LogP contribution < -0.4 is 0 Å². The maximum atomic E-state index is 12.2. The third-order valence-electron chi connectivity index (χ3n) is 10.6. The Morgan fingerprint density at radius 2 is 0.742 bits per heavy atom. The summed E-state index contributed by atoms with van der Waals surface area (Å²) in [5.74, 6) is 19.9. The van der Waals surface area contributed by atoms with Gasteiger partial charge in [-0.15, -0.1) is 20.4 Å². The van der Waals surface area contributed by atoms with Crippen LogP contribution in [-0.4, -0.2) is 97.0 Å². The molecule has 32 heteroatoms.